The summed E-state index contributed by atoms with van der Waals surface area (Å²) in [6, 6.07) is 0. The zero-order valence-corrected chi connectivity index (χ0v) is 20.4. The number of aliphatic hydroxyl groups excluding tert-OH is 2. The van der Waals surface area contributed by atoms with E-state index >= 15 is 0 Å². The average molecular weight is 487 g/mol. The molecule has 0 heterocycles. The monoisotopic (exact) mass is 486 g/mol. The Hall–Kier alpha value is -3.03. The Morgan fingerprint density at radius 1 is 0.971 bits per heavy atom. The number of ketones is 1. The maximum absolute atomic E-state index is 12.1. The molecule has 0 aromatic carbocycles. The van der Waals surface area contributed by atoms with Gasteiger partial charge in [-0.2, -0.15) is 0 Å². The molecule has 4 unspecified atom stereocenters. The summed E-state index contributed by atoms with van der Waals surface area (Å²) < 4.78 is 5.21. The zero-order chi connectivity index (χ0) is 25.9. The second-order valence-electron chi connectivity index (χ2n) is 8.65. The van der Waals surface area contributed by atoms with E-state index in [4.69, 9.17) is 9.84 Å². The summed E-state index contributed by atoms with van der Waals surface area (Å²) in [6.07, 6.45) is 21.8. The van der Waals surface area contributed by atoms with Gasteiger partial charge < -0.3 is 20.1 Å². The molecule has 0 aromatic heterocycles. The second kappa shape index (κ2) is 18.3. The van der Waals surface area contributed by atoms with Gasteiger partial charge in [-0.3, -0.25) is 14.4 Å². The lowest BCUT2D eigenvalue weighted by molar-refractivity contribution is -0.153. The molecule has 35 heavy (non-hydrogen) atoms. The fourth-order valence-electron chi connectivity index (χ4n) is 3.37. The molecule has 0 spiro atoms. The molecule has 7 heteroatoms. The van der Waals surface area contributed by atoms with Crippen LogP contribution < -0.4 is 0 Å². The first-order valence-corrected chi connectivity index (χ1v) is 12.1. The van der Waals surface area contributed by atoms with Crippen LogP contribution in [-0.2, 0) is 19.1 Å². The number of carbonyl (C=O) groups is 3. The molecule has 4 atom stereocenters. The van der Waals surface area contributed by atoms with Gasteiger partial charge in [0, 0.05) is 19.3 Å². The Morgan fingerprint density at radius 2 is 1.66 bits per heavy atom. The Balaban J connectivity index is 2.87. The van der Waals surface area contributed by atoms with E-state index in [-0.39, 0.29) is 18.1 Å². The van der Waals surface area contributed by atoms with Gasteiger partial charge in [-0.1, -0.05) is 67.7 Å². The SMILES string of the molecule is CC1CCC/C=C/C=C/C(O)CC(O)C/C=C\C=C\C(OC(=O)CC(=O)O)C/C=C/C=C\C(=O)C1. The number of carbonyl (C=O) groups excluding carboxylic acids is 2. The minimum atomic E-state index is -1.27. The van der Waals surface area contributed by atoms with Crippen molar-refractivity contribution in [2.45, 2.75) is 76.6 Å². The first-order chi connectivity index (χ1) is 16.8. The van der Waals surface area contributed by atoms with Gasteiger partial charge in [0.05, 0.1) is 12.2 Å². The number of esters is 1. The van der Waals surface area contributed by atoms with Crippen LogP contribution in [0.5, 0.6) is 0 Å². The van der Waals surface area contributed by atoms with Gasteiger partial charge in [0.25, 0.3) is 0 Å². The van der Waals surface area contributed by atoms with Crippen LogP contribution in [0.1, 0.15) is 58.3 Å². The van der Waals surface area contributed by atoms with Gasteiger partial charge in [0.15, 0.2) is 5.78 Å². The number of aliphatic carboxylic acids is 1. The van der Waals surface area contributed by atoms with Crippen molar-refractivity contribution < 1.29 is 34.4 Å². The lowest BCUT2D eigenvalue weighted by Crippen LogP contribution is -2.18. The van der Waals surface area contributed by atoms with Crippen LogP contribution in [-0.4, -0.2) is 51.4 Å². The van der Waals surface area contributed by atoms with Crippen molar-refractivity contribution in [1.29, 1.82) is 0 Å². The van der Waals surface area contributed by atoms with Crippen LogP contribution in [0.25, 0.3) is 0 Å². The van der Waals surface area contributed by atoms with E-state index in [1.165, 1.54) is 6.08 Å². The van der Waals surface area contributed by atoms with E-state index in [1.54, 1.807) is 54.7 Å². The number of hydrogen-bond acceptors (Lipinski definition) is 6. The molecule has 0 radical (unpaired) electrons. The smallest absolute Gasteiger partial charge is 0.317 e. The first-order valence-electron chi connectivity index (χ1n) is 12.1. The molecule has 1 rings (SSSR count). The van der Waals surface area contributed by atoms with Crippen molar-refractivity contribution in [3.63, 3.8) is 0 Å². The number of allylic oxidation sites excluding steroid dienone is 8. The van der Waals surface area contributed by atoms with E-state index in [0.717, 1.165) is 19.3 Å². The Bertz CT molecular complexity index is 832. The molecule has 0 fully saturated rings. The van der Waals surface area contributed by atoms with Crippen LogP contribution in [0.15, 0.2) is 72.9 Å². The van der Waals surface area contributed by atoms with Crippen molar-refractivity contribution in [2.75, 3.05) is 0 Å². The fraction of sp³-hybridized carbons (Fsp3) is 0.464. The van der Waals surface area contributed by atoms with Gasteiger partial charge in [-0.15, -0.1) is 0 Å². The van der Waals surface area contributed by atoms with Gasteiger partial charge in [0.1, 0.15) is 12.5 Å². The van der Waals surface area contributed by atoms with Crippen molar-refractivity contribution in [1.82, 2.24) is 0 Å². The number of carboxylic acids is 1. The second-order valence-corrected chi connectivity index (χ2v) is 8.65. The summed E-state index contributed by atoms with van der Waals surface area (Å²) in [5.74, 6) is -1.80. The summed E-state index contributed by atoms with van der Waals surface area (Å²) in [4.78, 5) is 34.6. The number of hydrogen-bond donors (Lipinski definition) is 3. The minimum absolute atomic E-state index is 0.0423. The van der Waals surface area contributed by atoms with Crippen molar-refractivity contribution in [2.24, 2.45) is 5.92 Å². The van der Waals surface area contributed by atoms with Crippen LogP contribution in [0.4, 0.5) is 0 Å². The molecule has 0 aliphatic heterocycles. The molecule has 1 aliphatic rings. The molecular weight excluding hydrogens is 448 g/mol. The van der Waals surface area contributed by atoms with Crippen molar-refractivity contribution >= 4 is 17.7 Å². The first kappa shape index (κ1) is 30.0. The van der Waals surface area contributed by atoms with E-state index < -0.39 is 36.7 Å². The number of carboxylic acid groups (broad SMARTS) is 1. The lowest BCUT2D eigenvalue weighted by Gasteiger charge is -2.11. The normalized spacial score (nSPS) is 31.2. The Kier molecular flexibility index (Phi) is 15.7. The predicted molar refractivity (Wildman–Crippen MR) is 135 cm³/mol. The molecule has 3 N–H and O–H groups in total. The lowest BCUT2D eigenvalue weighted by atomic mass is 9.98. The maximum atomic E-state index is 12.1. The van der Waals surface area contributed by atoms with Crippen molar-refractivity contribution in [3.05, 3.63) is 72.9 Å². The third kappa shape index (κ3) is 17.1. The molecule has 0 saturated carbocycles. The predicted octanol–water partition coefficient (Wildman–Crippen LogP) is 4.38. The number of rotatable bonds is 3. The summed E-state index contributed by atoms with van der Waals surface area (Å²) in [6.45, 7) is 2.05. The molecule has 0 saturated heterocycles. The number of aliphatic hydroxyl groups is 2. The molecule has 0 bridgehead atoms. The summed E-state index contributed by atoms with van der Waals surface area (Å²) >= 11 is 0. The minimum Gasteiger partial charge on any atom is -0.481 e. The summed E-state index contributed by atoms with van der Waals surface area (Å²) in [5, 5.41) is 28.9. The maximum Gasteiger partial charge on any atom is 0.317 e. The van der Waals surface area contributed by atoms with Gasteiger partial charge in [-0.25, -0.2) is 0 Å². The largest absolute Gasteiger partial charge is 0.481 e. The average Bonchev–Trinajstić information content (AvgIpc) is 2.76. The molecule has 0 amide bonds. The van der Waals surface area contributed by atoms with E-state index in [2.05, 4.69) is 0 Å². The molecule has 1 aliphatic carbocycles. The molecule has 0 aromatic rings. The fourth-order valence-corrected chi connectivity index (χ4v) is 3.37. The topological polar surface area (TPSA) is 121 Å². The van der Waals surface area contributed by atoms with Crippen LogP contribution in [0.2, 0.25) is 0 Å². The Morgan fingerprint density at radius 3 is 2.43 bits per heavy atom. The molecule has 192 valence electrons. The van der Waals surface area contributed by atoms with E-state index in [1.807, 2.05) is 19.1 Å². The highest BCUT2D eigenvalue weighted by Gasteiger charge is 2.13. The van der Waals surface area contributed by atoms with E-state index in [0.29, 0.717) is 19.3 Å². The quantitative estimate of drug-likeness (QED) is 0.400. The molecule has 7 nitrogen and oxygen atoms in total. The highest BCUT2D eigenvalue weighted by atomic mass is 16.5. The van der Waals surface area contributed by atoms with Crippen LogP contribution in [0.3, 0.4) is 0 Å². The third-order valence-electron chi connectivity index (χ3n) is 5.17. The molecular formula is C28H38O7. The zero-order valence-electron chi connectivity index (χ0n) is 20.4. The number of ether oxygens (including phenoxy) is 1. The van der Waals surface area contributed by atoms with E-state index in [9.17, 15) is 24.6 Å². The summed E-state index contributed by atoms with van der Waals surface area (Å²) in [7, 11) is 0. The summed E-state index contributed by atoms with van der Waals surface area (Å²) in [5.41, 5.74) is 0. The third-order valence-corrected chi connectivity index (χ3v) is 5.17. The van der Waals surface area contributed by atoms with Crippen molar-refractivity contribution in [3.8, 4) is 0 Å². The van der Waals surface area contributed by atoms with Crippen LogP contribution >= 0.6 is 0 Å². The highest BCUT2D eigenvalue weighted by Crippen LogP contribution is 2.13. The standard InChI is InChI=1S/C28H38O7/c1-22-13-7-3-2-4-8-15-24(30)20-25(31)16-10-6-12-18-26(35-28(34)21-27(32)33)17-11-5-9-14-23(29)19-22/h2,4-6,8-12,14-15,18,22,24-26,30-31H,3,7,13,16-17,19-21H2,1H3,(H,32,33)/b4-2+,10-6-,11-5+,14-9-,15-8+,18-12+. The van der Waals surface area contributed by atoms with Gasteiger partial charge in [0.2, 0.25) is 0 Å². The van der Waals surface area contributed by atoms with Gasteiger partial charge in [-0.05, 0) is 43.8 Å². The van der Waals surface area contributed by atoms with Gasteiger partial charge >= 0.3 is 11.9 Å². The van der Waals surface area contributed by atoms with Crippen LogP contribution in [0, 0.1) is 5.92 Å². The Labute approximate surface area is 207 Å². The highest BCUT2D eigenvalue weighted by molar-refractivity contribution is 5.90.